The summed E-state index contributed by atoms with van der Waals surface area (Å²) >= 11 is 0. The first kappa shape index (κ1) is 22.5. The van der Waals surface area contributed by atoms with Gasteiger partial charge in [0, 0.05) is 0 Å². The zero-order valence-electron chi connectivity index (χ0n) is 18.5. The summed E-state index contributed by atoms with van der Waals surface area (Å²) < 4.78 is 11.0. The molecule has 0 saturated carbocycles. The smallest absolute Gasteiger partial charge is 0.343 e. The lowest BCUT2D eigenvalue weighted by Crippen LogP contribution is -2.57. The van der Waals surface area contributed by atoms with Gasteiger partial charge in [0.1, 0.15) is 12.2 Å². The van der Waals surface area contributed by atoms with Crippen LogP contribution in [0.1, 0.15) is 5.56 Å². The van der Waals surface area contributed by atoms with E-state index in [9.17, 15) is 14.4 Å². The number of urea groups is 1. The van der Waals surface area contributed by atoms with Crippen molar-refractivity contribution in [1.82, 2.24) is 0 Å². The van der Waals surface area contributed by atoms with Gasteiger partial charge >= 0.3 is 6.03 Å². The van der Waals surface area contributed by atoms with Crippen LogP contribution in [0.15, 0.2) is 97.1 Å². The first-order valence-electron chi connectivity index (χ1n) is 10.5. The zero-order chi connectivity index (χ0) is 24.1. The van der Waals surface area contributed by atoms with E-state index in [1.165, 1.54) is 13.2 Å². The third kappa shape index (κ3) is 4.31. The van der Waals surface area contributed by atoms with Gasteiger partial charge in [0.2, 0.25) is 0 Å². The van der Waals surface area contributed by atoms with E-state index in [4.69, 9.17) is 9.47 Å². The molecule has 1 saturated heterocycles. The van der Waals surface area contributed by atoms with Gasteiger partial charge in [-0.25, -0.2) is 14.6 Å². The number of imide groups is 2. The molecule has 1 aliphatic heterocycles. The monoisotopic (exact) mass is 454 g/mol. The minimum absolute atomic E-state index is 0.158. The van der Waals surface area contributed by atoms with Crippen molar-refractivity contribution in [2.24, 2.45) is 0 Å². The van der Waals surface area contributed by atoms with Crippen LogP contribution < -0.4 is 19.3 Å². The molecule has 7 nitrogen and oxygen atoms in total. The second kappa shape index (κ2) is 9.87. The number of nitrogens with zero attached hydrogens (tertiary/aromatic N) is 2. The summed E-state index contributed by atoms with van der Waals surface area (Å²) in [7, 11) is 1.50. The normalized spacial score (nSPS) is 13.7. The molecule has 3 aromatic rings. The largest absolute Gasteiger partial charge is 0.493 e. The first-order chi connectivity index (χ1) is 16.5. The van der Waals surface area contributed by atoms with E-state index >= 15 is 0 Å². The number of barbiturate groups is 1. The van der Waals surface area contributed by atoms with Crippen molar-refractivity contribution in [3.8, 4) is 11.5 Å². The first-order valence-corrected chi connectivity index (χ1v) is 10.5. The van der Waals surface area contributed by atoms with Gasteiger partial charge in [-0.2, -0.15) is 0 Å². The number of hydrogen-bond donors (Lipinski definition) is 0. The molecule has 4 amide bonds. The highest BCUT2D eigenvalue weighted by atomic mass is 16.5. The molecule has 1 aliphatic rings. The Kier molecular flexibility index (Phi) is 6.54. The highest BCUT2D eigenvalue weighted by Gasteiger charge is 2.43. The molecule has 0 bridgehead atoms. The molecule has 0 aliphatic carbocycles. The number of ether oxygens (including phenoxy) is 2. The molecule has 170 valence electrons. The lowest BCUT2D eigenvalue weighted by atomic mass is 10.0. The van der Waals surface area contributed by atoms with Crippen LogP contribution in [0, 0.1) is 0 Å². The molecule has 7 heteroatoms. The predicted molar refractivity (Wildman–Crippen MR) is 130 cm³/mol. The molecule has 0 radical (unpaired) electrons. The van der Waals surface area contributed by atoms with Gasteiger partial charge < -0.3 is 9.47 Å². The number of carbonyl (C=O) groups is 3. The molecular weight excluding hydrogens is 432 g/mol. The van der Waals surface area contributed by atoms with Crippen LogP contribution in [0.25, 0.3) is 6.08 Å². The topological polar surface area (TPSA) is 76.2 Å². The number of anilines is 2. The van der Waals surface area contributed by atoms with Gasteiger partial charge in [-0.15, -0.1) is 0 Å². The Morgan fingerprint density at radius 2 is 1.35 bits per heavy atom. The Morgan fingerprint density at radius 1 is 0.794 bits per heavy atom. The second-order valence-electron chi connectivity index (χ2n) is 7.30. The number of hydrogen-bond acceptors (Lipinski definition) is 5. The molecule has 0 N–H and O–H groups in total. The molecule has 1 fully saturated rings. The summed E-state index contributed by atoms with van der Waals surface area (Å²) in [5.41, 5.74) is 1.11. The van der Waals surface area contributed by atoms with E-state index in [-0.39, 0.29) is 5.57 Å². The van der Waals surface area contributed by atoms with E-state index < -0.39 is 17.8 Å². The van der Waals surface area contributed by atoms with Crippen LogP contribution in [0.3, 0.4) is 0 Å². The van der Waals surface area contributed by atoms with E-state index in [0.29, 0.717) is 35.0 Å². The molecule has 3 aromatic carbocycles. The Labute approximate surface area is 197 Å². The van der Waals surface area contributed by atoms with Gasteiger partial charge in [-0.1, -0.05) is 55.1 Å². The number of benzene rings is 3. The second-order valence-corrected chi connectivity index (χ2v) is 7.30. The molecular formula is C27H22N2O5. The average Bonchev–Trinajstić information content (AvgIpc) is 2.87. The van der Waals surface area contributed by atoms with Crippen LogP contribution in [0.4, 0.5) is 16.2 Å². The molecule has 34 heavy (non-hydrogen) atoms. The van der Waals surface area contributed by atoms with E-state index in [1.807, 2.05) is 0 Å². The van der Waals surface area contributed by atoms with Crippen LogP contribution >= 0.6 is 0 Å². The van der Waals surface area contributed by atoms with Crippen molar-refractivity contribution in [2.75, 3.05) is 23.5 Å². The number of para-hydroxylation sites is 2. The number of methoxy groups -OCH3 is 1. The van der Waals surface area contributed by atoms with Crippen molar-refractivity contribution in [2.45, 2.75) is 0 Å². The summed E-state index contributed by atoms with van der Waals surface area (Å²) in [6.45, 7) is 3.93. The van der Waals surface area contributed by atoms with Crippen LogP contribution in [0.5, 0.6) is 11.5 Å². The van der Waals surface area contributed by atoms with Gasteiger partial charge in [0.25, 0.3) is 11.8 Å². The zero-order valence-corrected chi connectivity index (χ0v) is 18.5. The van der Waals surface area contributed by atoms with Crippen molar-refractivity contribution in [1.29, 1.82) is 0 Å². The highest BCUT2D eigenvalue weighted by molar-refractivity contribution is 6.46. The quantitative estimate of drug-likeness (QED) is 0.290. The maximum Gasteiger partial charge on any atom is 0.343 e. The maximum atomic E-state index is 13.4. The van der Waals surface area contributed by atoms with Crippen LogP contribution in [-0.4, -0.2) is 31.6 Å². The van der Waals surface area contributed by atoms with E-state index in [0.717, 1.165) is 9.80 Å². The van der Waals surface area contributed by atoms with Crippen LogP contribution in [-0.2, 0) is 9.59 Å². The fraction of sp³-hybridized carbons (Fsp3) is 0.0741. The highest BCUT2D eigenvalue weighted by Crippen LogP contribution is 2.32. The van der Waals surface area contributed by atoms with Crippen molar-refractivity contribution in [3.05, 3.63) is 103 Å². The van der Waals surface area contributed by atoms with Gasteiger partial charge in [0.05, 0.1) is 18.5 Å². The van der Waals surface area contributed by atoms with E-state index in [2.05, 4.69) is 6.58 Å². The molecule has 1 heterocycles. The third-order valence-electron chi connectivity index (χ3n) is 5.13. The standard InChI is InChI=1S/C27H22N2O5/c1-3-16-34-23-15-14-19(18-24(23)33-2)17-22-25(30)28(20-10-6-4-7-11-20)27(32)29(26(22)31)21-12-8-5-9-13-21/h3-15,17-18H,1,16H2,2H3. The maximum absolute atomic E-state index is 13.4. The Morgan fingerprint density at radius 3 is 1.85 bits per heavy atom. The van der Waals surface area contributed by atoms with Crippen molar-refractivity contribution < 1.29 is 23.9 Å². The summed E-state index contributed by atoms with van der Waals surface area (Å²) in [4.78, 5) is 42.2. The van der Waals surface area contributed by atoms with Crippen molar-refractivity contribution >= 4 is 35.3 Å². The van der Waals surface area contributed by atoms with Crippen LogP contribution in [0.2, 0.25) is 0 Å². The minimum Gasteiger partial charge on any atom is -0.493 e. The molecule has 0 spiro atoms. The fourth-order valence-corrected chi connectivity index (χ4v) is 3.55. The average molecular weight is 454 g/mol. The summed E-state index contributed by atoms with van der Waals surface area (Å²) in [6, 6.07) is 21.3. The third-order valence-corrected chi connectivity index (χ3v) is 5.13. The minimum atomic E-state index is -0.740. The molecule has 0 atom stereocenters. The lowest BCUT2D eigenvalue weighted by molar-refractivity contribution is -0.121. The molecule has 0 aromatic heterocycles. The Bertz CT molecular complexity index is 1210. The number of carbonyl (C=O) groups excluding carboxylic acids is 3. The molecule has 0 unspecified atom stereocenters. The van der Waals surface area contributed by atoms with Gasteiger partial charge in [0.15, 0.2) is 11.5 Å². The molecule has 4 rings (SSSR count). The fourth-order valence-electron chi connectivity index (χ4n) is 3.55. The lowest BCUT2D eigenvalue weighted by Gasteiger charge is -2.33. The van der Waals surface area contributed by atoms with E-state index in [1.54, 1.807) is 84.9 Å². The number of amides is 4. The Hall–Kier alpha value is -4.65. The summed E-state index contributed by atoms with van der Waals surface area (Å²) in [5, 5.41) is 0. The van der Waals surface area contributed by atoms with Crippen molar-refractivity contribution in [3.63, 3.8) is 0 Å². The van der Waals surface area contributed by atoms with Gasteiger partial charge in [-0.3, -0.25) is 9.59 Å². The van der Waals surface area contributed by atoms with Gasteiger partial charge in [-0.05, 0) is 48.0 Å². The number of rotatable bonds is 7. The summed E-state index contributed by atoms with van der Waals surface area (Å²) in [5.74, 6) is -0.487. The Balaban J connectivity index is 1.81. The predicted octanol–water partition coefficient (Wildman–Crippen LogP) is 4.84. The SMILES string of the molecule is C=CCOc1ccc(C=C2C(=O)N(c3ccccc3)C(=O)N(c3ccccc3)C2=O)cc1OC. The summed E-state index contributed by atoms with van der Waals surface area (Å²) in [6.07, 6.45) is 3.06.